The van der Waals surface area contributed by atoms with Gasteiger partial charge >= 0.3 is 6.18 Å². The molecule has 5 N–H and O–H groups in total. The number of hydrogen-bond donors (Lipinski definition) is 3. The van der Waals surface area contributed by atoms with E-state index < -0.39 is 36.8 Å². The number of benzene rings is 2. The Morgan fingerprint density at radius 1 is 1.15 bits per heavy atom. The topological polar surface area (TPSA) is 125 Å². The van der Waals surface area contributed by atoms with Crippen LogP contribution in [0.3, 0.4) is 0 Å². The molecule has 0 aliphatic rings. The second-order valence-corrected chi connectivity index (χ2v) is 7.29. The molecule has 0 spiro atoms. The number of primary amides is 1. The summed E-state index contributed by atoms with van der Waals surface area (Å²) in [5, 5.41) is 6.69. The van der Waals surface area contributed by atoms with Gasteiger partial charge in [0.2, 0.25) is 0 Å². The van der Waals surface area contributed by atoms with E-state index in [1.807, 2.05) is 0 Å². The van der Waals surface area contributed by atoms with Gasteiger partial charge in [0.1, 0.15) is 28.6 Å². The quantitative estimate of drug-likeness (QED) is 0.428. The summed E-state index contributed by atoms with van der Waals surface area (Å²) in [6.07, 6.45) is -5.60. The predicted octanol–water partition coefficient (Wildman–Crippen LogP) is 3.26. The third-order valence-corrected chi connectivity index (χ3v) is 4.93. The van der Waals surface area contributed by atoms with Crippen molar-refractivity contribution in [3.63, 3.8) is 0 Å². The standard InChI is InChI=1S/C22H21F4N5O3/c1-34-16-7-6-14(23)10-15(16)21(33)29-11-12-2-4-13(5-3-12)18-17(20(28)32)19(27)31(30-18)9-8-22(24,25)26/h2-7,10H,8-9,11,27H2,1H3,(H2,28,32)(H,29,33). The van der Waals surface area contributed by atoms with Gasteiger partial charge < -0.3 is 21.5 Å². The third kappa shape index (κ3) is 5.63. The number of anilines is 1. The number of methoxy groups -OCH3 is 1. The van der Waals surface area contributed by atoms with Crippen LogP contribution in [0.1, 0.15) is 32.7 Å². The van der Waals surface area contributed by atoms with Crippen LogP contribution in [-0.4, -0.2) is 34.9 Å². The lowest BCUT2D eigenvalue weighted by atomic mass is 10.0. The first kappa shape index (κ1) is 24.6. The number of carbonyl (C=O) groups excluding carboxylic acids is 2. The van der Waals surface area contributed by atoms with Gasteiger partial charge in [-0.2, -0.15) is 18.3 Å². The normalized spacial score (nSPS) is 11.3. The lowest BCUT2D eigenvalue weighted by Crippen LogP contribution is -2.23. The summed E-state index contributed by atoms with van der Waals surface area (Å²) in [4.78, 5) is 24.3. The summed E-state index contributed by atoms with van der Waals surface area (Å²) in [5.41, 5.74) is 12.1. The van der Waals surface area contributed by atoms with Gasteiger partial charge in [-0.05, 0) is 23.8 Å². The van der Waals surface area contributed by atoms with E-state index in [9.17, 15) is 27.2 Å². The number of alkyl halides is 3. The lowest BCUT2D eigenvalue weighted by Gasteiger charge is -2.10. The van der Waals surface area contributed by atoms with E-state index in [1.165, 1.54) is 19.2 Å². The van der Waals surface area contributed by atoms with E-state index in [0.29, 0.717) is 11.1 Å². The van der Waals surface area contributed by atoms with Crippen molar-refractivity contribution in [2.24, 2.45) is 5.73 Å². The Balaban J connectivity index is 1.77. The number of rotatable bonds is 8. The number of ether oxygens (including phenoxy) is 1. The number of nitrogens with two attached hydrogens (primary N) is 2. The number of nitrogen functional groups attached to an aromatic ring is 1. The number of carbonyl (C=O) groups is 2. The number of halogens is 4. The molecule has 1 aromatic heterocycles. The molecule has 180 valence electrons. The van der Waals surface area contributed by atoms with Crippen LogP contribution in [0.4, 0.5) is 23.4 Å². The molecule has 0 radical (unpaired) electrons. The van der Waals surface area contributed by atoms with Crippen molar-refractivity contribution in [2.75, 3.05) is 12.8 Å². The molecule has 2 amide bonds. The van der Waals surface area contributed by atoms with Gasteiger partial charge in [0.25, 0.3) is 11.8 Å². The highest BCUT2D eigenvalue weighted by molar-refractivity contribution is 6.03. The summed E-state index contributed by atoms with van der Waals surface area (Å²) in [6, 6.07) is 9.93. The van der Waals surface area contributed by atoms with E-state index in [4.69, 9.17) is 16.2 Å². The zero-order chi connectivity index (χ0) is 25.0. The monoisotopic (exact) mass is 479 g/mol. The second-order valence-electron chi connectivity index (χ2n) is 7.29. The van der Waals surface area contributed by atoms with Crippen molar-refractivity contribution in [2.45, 2.75) is 25.7 Å². The largest absolute Gasteiger partial charge is 0.496 e. The first-order valence-electron chi connectivity index (χ1n) is 9.94. The highest BCUT2D eigenvalue weighted by Gasteiger charge is 2.29. The van der Waals surface area contributed by atoms with E-state index in [1.54, 1.807) is 24.3 Å². The average Bonchev–Trinajstić information content (AvgIpc) is 3.12. The maximum Gasteiger partial charge on any atom is 0.390 e. The third-order valence-electron chi connectivity index (χ3n) is 4.93. The smallest absolute Gasteiger partial charge is 0.390 e. The van der Waals surface area contributed by atoms with E-state index in [-0.39, 0.29) is 34.9 Å². The van der Waals surface area contributed by atoms with Gasteiger partial charge in [-0.25, -0.2) is 9.07 Å². The number of amides is 2. The van der Waals surface area contributed by atoms with Crippen molar-refractivity contribution in [3.05, 3.63) is 65.0 Å². The van der Waals surface area contributed by atoms with Crippen molar-refractivity contribution in [3.8, 4) is 17.0 Å². The fourth-order valence-corrected chi connectivity index (χ4v) is 3.24. The Bertz CT molecular complexity index is 1210. The number of aryl methyl sites for hydroxylation is 1. The molecule has 8 nitrogen and oxygen atoms in total. The molecule has 3 rings (SSSR count). The highest BCUT2D eigenvalue weighted by atomic mass is 19.4. The molecule has 0 aliphatic carbocycles. The molecule has 0 bridgehead atoms. The minimum atomic E-state index is -4.42. The number of nitrogens with one attached hydrogen (secondary N) is 1. The molecule has 0 saturated carbocycles. The molecule has 0 fully saturated rings. The Kier molecular flexibility index (Phi) is 7.08. The number of nitrogens with zero attached hydrogens (tertiary/aromatic N) is 2. The van der Waals surface area contributed by atoms with E-state index in [2.05, 4.69) is 10.4 Å². The average molecular weight is 479 g/mol. The zero-order valence-electron chi connectivity index (χ0n) is 17.9. The van der Waals surface area contributed by atoms with E-state index >= 15 is 0 Å². The molecule has 34 heavy (non-hydrogen) atoms. The first-order chi connectivity index (χ1) is 16.0. The molecule has 2 aromatic carbocycles. The minimum Gasteiger partial charge on any atom is -0.496 e. The molecular weight excluding hydrogens is 458 g/mol. The Hall–Kier alpha value is -4.09. The van der Waals surface area contributed by atoms with Crippen LogP contribution in [0.25, 0.3) is 11.3 Å². The van der Waals surface area contributed by atoms with E-state index in [0.717, 1.165) is 10.7 Å². The predicted molar refractivity (Wildman–Crippen MR) is 115 cm³/mol. The summed E-state index contributed by atoms with van der Waals surface area (Å²) in [5.74, 6) is -2.10. The Morgan fingerprint density at radius 3 is 2.41 bits per heavy atom. The van der Waals surface area contributed by atoms with Crippen LogP contribution < -0.4 is 21.5 Å². The van der Waals surface area contributed by atoms with Gasteiger partial charge in [0.05, 0.1) is 25.6 Å². The van der Waals surface area contributed by atoms with Crippen molar-refractivity contribution in [1.82, 2.24) is 15.1 Å². The van der Waals surface area contributed by atoms with Crippen molar-refractivity contribution < 1.29 is 31.9 Å². The number of aromatic nitrogens is 2. The van der Waals surface area contributed by atoms with Crippen molar-refractivity contribution in [1.29, 1.82) is 0 Å². The summed E-state index contributed by atoms with van der Waals surface area (Å²) >= 11 is 0. The zero-order valence-corrected chi connectivity index (χ0v) is 17.9. The maximum atomic E-state index is 13.5. The molecule has 0 aliphatic heterocycles. The molecule has 0 unspecified atom stereocenters. The van der Waals surface area contributed by atoms with Crippen LogP contribution >= 0.6 is 0 Å². The lowest BCUT2D eigenvalue weighted by molar-refractivity contribution is -0.137. The van der Waals surface area contributed by atoms with Crippen LogP contribution in [0, 0.1) is 5.82 Å². The van der Waals surface area contributed by atoms with Crippen LogP contribution in [0.5, 0.6) is 5.75 Å². The molecular formula is C22H21F4N5O3. The fourth-order valence-electron chi connectivity index (χ4n) is 3.24. The summed E-state index contributed by atoms with van der Waals surface area (Å²) < 4.78 is 57.2. The molecule has 1 heterocycles. The minimum absolute atomic E-state index is 0.0325. The van der Waals surface area contributed by atoms with Crippen molar-refractivity contribution >= 4 is 17.6 Å². The Morgan fingerprint density at radius 2 is 1.82 bits per heavy atom. The molecule has 3 aromatic rings. The van der Waals surface area contributed by atoms with Gasteiger partial charge in [-0.3, -0.25) is 9.59 Å². The van der Waals surface area contributed by atoms with Gasteiger partial charge in [-0.1, -0.05) is 24.3 Å². The maximum absolute atomic E-state index is 13.5. The molecule has 12 heteroatoms. The second kappa shape index (κ2) is 9.81. The fraction of sp³-hybridized carbons (Fsp3) is 0.227. The van der Waals surface area contributed by atoms with Crippen LogP contribution in [-0.2, 0) is 13.1 Å². The molecule has 0 saturated heterocycles. The SMILES string of the molecule is COc1ccc(F)cc1C(=O)NCc1ccc(-c2nn(CCC(F)(F)F)c(N)c2C(N)=O)cc1. The van der Waals surface area contributed by atoms with Gasteiger partial charge in [0.15, 0.2) is 0 Å². The van der Waals surface area contributed by atoms with Crippen LogP contribution in [0.15, 0.2) is 42.5 Å². The Labute approximate surface area is 191 Å². The van der Waals surface area contributed by atoms with Gasteiger partial charge in [0, 0.05) is 12.1 Å². The first-order valence-corrected chi connectivity index (χ1v) is 9.94. The van der Waals surface area contributed by atoms with Crippen LogP contribution in [0.2, 0.25) is 0 Å². The summed E-state index contributed by atoms with van der Waals surface area (Å²) in [7, 11) is 1.36. The molecule has 0 atom stereocenters. The highest BCUT2D eigenvalue weighted by Crippen LogP contribution is 2.29. The number of hydrogen-bond acceptors (Lipinski definition) is 5. The van der Waals surface area contributed by atoms with Gasteiger partial charge in [-0.15, -0.1) is 0 Å². The summed E-state index contributed by atoms with van der Waals surface area (Å²) in [6.45, 7) is -0.479.